The molecule has 0 saturated carbocycles. The number of hydrogen-bond donors (Lipinski definition) is 2. The molecular weight excluding hydrogens is 346 g/mol. The lowest BCUT2D eigenvalue weighted by Crippen LogP contribution is -2.35. The average Bonchev–Trinajstić information content (AvgIpc) is 2.55. The first-order chi connectivity index (χ1) is 11.5. The Balaban J connectivity index is 2.32. The molecule has 0 radical (unpaired) electrons. The van der Waals surface area contributed by atoms with E-state index in [1.165, 1.54) is 17.8 Å². The van der Waals surface area contributed by atoms with Crippen molar-refractivity contribution in [3.8, 4) is 6.07 Å². The Hall–Kier alpha value is -2.75. The summed E-state index contributed by atoms with van der Waals surface area (Å²) in [5, 5.41) is 11.6. The highest BCUT2D eigenvalue weighted by molar-refractivity contribution is 7.99. The predicted octanol–water partition coefficient (Wildman–Crippen LogP) is 3.59. The van der Waals surface area contributed by atoms with E-state index in [1.54, 1.807) is 30.3 Å². The normalized spacial score (nSPS) is 10.8. The molecular formula is C17H12ClN3O2S. The summed E-state index contributed by atoms with van der Waals surface area (Å²) in [5.41, 5.74) is 5.37. The zero-order valence-electron chi connectivity index (χ0n) is 12.3. The van der Waals surface area contributed by atoms with Crippen molar-refractivity contribution >= 4 is 41.4 Å². The molecule has 120 valence electrons. The summed E-state index contributed by atoms with van der Waals surface area (Å²) >= 11 is 7.34. The van der Waals surface area contributed by atoms with Crippen molar-refractivity contribution in [3.63, 3.8) is 0 Å². The third-order valence-corrected chi connectivity index (χ3v) is 4.21. The number of nitrogens with zero attached hydrogens (tertiary/aromatic N) is 1. The van der Waals surface area contributed by atoms with Crippen molar-refractivity contribution in [1.82, 2.24) is 5.32 Å². The Bertz CT molecular complexity index is 842. The van der Waals surface area contributed by atoms with Gasteiger partial charge in [0.1, 0.15) is 11.6 Å². The SMILES string of the molecule is N#C/C(=C\c1ccccc1Sc1ccc(Cl)cc1)C(=O)NC(N)=O. The maximum absolute atomic E-state index is 11.8. The average molecular weight is 358 g/mol. The number of hydrogen-bond acceptors (Lipinski definition) is 4. The Morgan fingerprint density at radius 2 is 1.83 bits per heavy atom. The lowest BCUT2D eigenvalue weighted by atomic mass is 10.1. The number of benzene rings is 2. The fraction of sp³-hybridized carbons (Fsp3) is 0. The summed E-state index contributed by atoms with van der Waals surface area (Å²) in [4.78, 5) is 24.3. The maximum atomic E-state index is 11.8. The third-order valence-electron chi connectivity index (χ3n) is 2.86. The van der Waals surface area contributed by atoms with Crippen molar-refractivity contribution in [2.75, 3.05) is 0 Å². The molecule has 2 rings (SSSR count). The van der Waals surface area contributed by atoms with E-state index in [1.807, 2.05) is 29.6 Å². The van der Waals surface area contributed by atoms with Crippen LogP contribution >= 0.6 is 23.4 Å². The van der Waals surface area contributed by atoms with Crippen LogP contribution in [0.3, 0.4) is 0 Å². The number of nitrogens with two attached hydrogens (primary N) is 1. The summed E-state index contributed by atoms with van der Waals surface area (Å²) < 4.78 is 0. The van der Waals surface area contributed by atoms with Gasteiger partial charge in [-0.1, -0.05) is 41.6 Å². The van der Waals surface area contributed by atoms with Gasteiger partial charge in [0, 0.05) is 14.8 Å². The van der Waals surface area contributed by atoms with Gasteiger partial charge in [0.2, 0.25) is 0 Å². The van der Waals surface area contributed by atoms with Crippen LogP contribution in [-0.2, 0) is 4.79 Å². The zero-order valence-corrected chi connectivity index (χ0v) is 13.9. The standard InChI is InChI=1S/C17H12ClN3O2S/c18-13-5-7-14(8-6-13)24-15-4-2-1-3-11(15)9-12(10-19)16(22)21-17(20)23/h1-9H,(H3,20,21,22,23)/b12-9+. The van der Waals surface area contributed by atoms with Crippen LogP contribution in [0.1, 0.15) is 5.56 Å². The van der Waals surface area contributed by atoms with Crippen LogP contribution in [0.15, 0.2) is 63.9 Å². The molecule has 3 N–H and O–H groups in total. The van der Waals surface area contributed by atoms with E-state index in [-0.39, 0.29) is 5.57 Å². The molecule has 3 amide bonds. The van der Waals surface area contributed by atoms with Gasteiger partial charge in [-0.2, -0.15) is 5.26 Å². The van der Waals surface area contributed by atoms with Gasteiger partial charge in [-0.15, -0.1) is 0 Å². The minimum absolute atomic E-state index is 0.210. The first-order valence-corrected chi connectivity index (χ1v) is 7.94. The Kier molecular flexibility index (Phi) is 6.01. The van der Waals surface area contributed by atoms with Crippen molar-refractivity contribution in [2.24, 2.45) is 5.73 Å². The van der Waals surface area contributed by atoms with Crippen LogP contribution in [0, 0.1) is 11.3 Å². The van der Waals surface area contributed by atoms with E-state index in [9.17, 15) is 9.59 Å². The number of primary amides is 1. The van der Waals surface area contributed by atoms with Gasteiger partial charge in [0.05, 0.1) is 0 Å². The molecule has 0 aliphatic rings. The summed E-state index contributed by atoms with van der Waals surface area (Å²) in [6.45, 7) is 0. The van der Waals surface area contributed by atoms with Crippen LogP contribution in [0.4, 0.5) is 4.79 Å². The molecule has 0 aliphatic carbocycles. The fourth-order valence-electron chi connectivity index (χ4n) is 1.81. The quantitative estimate of drug-likeness (QED) is 0.645. The van der Waals surface area contributed by atoms with Gasteiger partial charge in [-0.05, 0) is 42.0 Å². The highest BCUT2D eigenvalue weighted by atomic mass is 35.5. The highest BCUT2D eigenvalue weighted by Crippen LogP contribution is 2.32. The zero-order chi connectivity index (χ0) is 17.5. The number of amides is 3. The Labute approximate surface area is 148 Å². The van der Waals surface area contributed by atoms with E-state index in [4.69, 9.17) is 22.6 Å². The smallest absolute Gasteiger partial charge is 0.319 e. The number of carbonyl (C=O) groups is 2. The molecule has 0 atom stereocenters. The number of rotatable bonds is 4. The van der Waals surface area contributed by atoms with Gasteiger partial charge in [0.15, 0.2) is 0 Å². The topological polar surface area (TPSA) is 96.0 Å². The van der Waals surface area contributed by atoms with E-state index in [0.29, 0.717) is 10.6 Å². The number of urea groups is 1. The molecule has 0 saturated heterocycles. The second-order valence-corrected chi connectivity index (χ2v) is 6.13. The summed E-state index contributed by atoms with van der Waals surface area (Å²) in [6.07, 6.45) is 1.41. The van der Waals surface area contributed by atoms with Crippen LogP contribution < -0.4 is 11.1 Å². The Morgan fingerprint density at radius 1 is 1.17 bits per heavy atom. The van der Waals surface area contributed by atoms with Crippen molar-refractivity contribution in [3.05, 3.63) is 64.7 Å². The number of imide groups is 1. The molecule has 0 spiro atoms. The number of nitriles is 1. The summed E-state index contributed by atoms with van der Waals surface area (Å²) in [5.74, 6) is -0.837. The van der Waals surface area contributed by atoms with Gasteiger partial charge in [-0.25, -0.2) is 4.79 Å². The van der Waals surface area contributed by atoms with Crippen molar-refractivity contribution in [2.45, 2.75) is 9.79 Å². The molecule has 7 heteroatoms. The number of nitrogens with one attached hydrogen (secondary N) is 1. The first-order valence-electron chi connectivity index (χ1n) is 6.74. The molecule has 0 fully saturated rings. The third kappa shape index (κ3) is 4.88. The van der Waals surface area contributed by atoms with Crippen LogP contribution in [-0.4, -0.2) is 11.9 Å². The molecule has 5 nitrogen and oxygen atoms in total. The largest absolute Gasteiger partial charge is 0.351 e. The lowest BCUT2D eigenvalue weighted by Gasteiger charge is -2.07. The van der Waals surface area contributed by atoms with E-state index in [2.05, 4.69) is 0 Å². The Morgan fingerprint density at radius 3 is 2.46 bits per heavy atom. The molecule has 24 heavy (non-hydrogen) atoms. The molecule has 2 aromatic carbocycles. The summed E-state index contributed by atoms with van der Waals surface area (Å²) in [6, 6.07) is 15.3. The predicted molar refractivity (Wildman–Crippen MR) is 93.3 cm³/mol. The van der Waals surface area contributed by atoms with Gasteiger partial charge in [-0.3, -0.25) is 10.1 Å². The van der Waals surface area contributed by atoms with E-state index < -0.39 is 11.9 Å². The molecule has 0 aliphatic heterocycles. The number of carbonyl (C=O) groups excluding carboxylic acids is 2. The molecule has 0 unspecified atom stereocenters. The van der Waals surface area contributed by atoms with Gasteiger partial charge < -0.3 is 5.73 Å². The molecule has 0 heterocycles. The molecule has 0 bridgehead atoms. The minimum Gasteiger partial charge on any atom is -0.351 e. The van der Waals surface area contributed by atoms with E-state index >= 15 is 0 Å². The lowest BCUT2D eigenvalue weighted by molar-refractivity contribution is -0.115. The highest BCUT2D eigenvalue weighted by Gasteiger charge is 2.12. The van der Waals surface area contributed by atoms with Gasteiger partial charge >= 0.3 is 6.03 Å². The molecule has 2 aromatic rings. The van der Waals surface area contributed by atoms with Crippen molar-refractivity contribution < 1.29 is 9.59 Å². The van der Waals surface area contributed by atoms with Gasteiger partial charge in [0.25, 0.3) is 5.91 Å². The molecule has 0 aromatic heterocycles. The van der Waals surface area contributed by atoms with Crippen LogP contribution in [0.25, 0.3) is 6.08 Å². The second-order valence-electron chi connectivity index (χ2n) is 4.58. The second kappa shape index (κ2) is 8.20. The number of halogens is 1. The maximum Gasteiger partial charge on any atom is 0.319 e. The first kappa shape index (κ1) is 17.6. The monoisotopic (exact) mass is 357 g/mol. The van der Waals surface area contributed by atoms with Crippen LogP contribution in [0.5, 0.6) is 0 Å². The fourth-order valence-corrected chi connectivity index (χ4v) is 2.85. The van der Waals surface area contributed by atoms with Crippen molar-refractivity contribution in [1.29, 1.82) is 5.26 Å². The minimum atomic E-state index is -1.01. The van der Waals surface area contributed by atoms with Crippen LogP contribution in [0.2, 0.25) is 5.02 Å². The summed E-state index contributed by atoms with van der Waals surface area (Å²) in [7, 11) is 0. The van der Waals surface area contributed by atoms with E-state index in [0.717, 1.165) is 9.79 Å².